The molecule has 1 aliphatic rings. The van der Waals surface area contributed by atoms with Gasteiger partial charge in [-0.25, -0.2) is 4.98 Å². The van der Waals surface area contributed by atoms with Crippen LogP contribution in [0.2, 0.25) is 0 Å². The monoisotopic (exact) mass is 241 g/mol. The fourth-order valence-electron chi connectivity index (χ4n) is 2.02. The largest absolute Gasteiger partial charge is 0.333 e. The molecule has 1 aromatic carbocycles. The third kappa shape index (κ3) is 2.99. The van der Waals surface area contributed by atoms with Crippen LogP contribution in [0.3, 0.4) is 0 Å². The second kappa shape index (κ2) is 4.94. The molecule has 1 saturated carbocycles. The van der Waals surface area contributed by atoms with Crippen molar-refractivity contribution < 1.29 is 0 Å². The molecule has 0 saturated heterocycles. The molecule has 1 N–H and O–H groups in total. The molecule has 0 amide bonds. The van der Waals surface area contributed by atoms with Crippen LogP contribution in [0.25, 0.3) is 0 Å². The van der Waals surface area contributed by atoms with Crippen LogP contribution in [0, 0.1) is 6.92 Å². The molecule has 0 unspecified atom stereocenters. The van der Waals surface area contributed by atoms with E-state index in [1.165, 1.54) is 24.0 Å². The highest BCUT2D eigenvalue weighted by molar-refractivity contribution is 5.21. The van der Waals surface area contributed by atoms with E-state index in [2.05, 4.69) is 52.3 Å². The molecular weight excluding hydrogens is 222 g/mol. The summed E-state index contributed by atoms with van der Waals surface area (Å²) in [4.78, 5) is 4.43. The van der Waals surface area contributed by atoms with Crippen molar-refractivity contribution in [2.24, 2.45) is 0 Å². The van der Waals surface area contributed by atoms with Crippen molar-refractivity contribution in [1.29, 1.82) is 0 Å². The highest BCUT2D eigenvalue weighted by atomic mass is 15.1. The van der Waals surface area contributed by atoms with Crippen LogP contribution in [0.15, 0.2) is 36.8 Å². The van der Waals surface area contributed by atoms with Gasteiger partial charge in [0.05, 0.1) is 12.0 Å². The van der Waals surface area contributed by atoms with Gasteiger partial charge in [0.2, 0.25) is 0 Å². The number of benzene rings is 1. The summed E-state index contributed by atoms with van der Waals surface area (Å²) in [7, 11) is 0. The van der Waals surface area contributed by atoms with Crippen molar-refractivity contribution in [2.45, 2.75) is 38.9 Å². The molecule has 2 aromatic rings. The first-order valence-corrected chi connectivity index (χ1v) is 6.59. The average molecular weight is 241 g/mol. The predicted molar refractivity (Wildman–Crippen MR) is 72.4 cm³/mol. The van der Waals surface area contributed by atoms with E-state index in [1.807, 2.05) is 6.33 Å². The minimum absolute atomic E-state index is 0.743. The van der Waals surface area contributed by atoms with Crippen molar-refractivity contribution in [3.63, 3.8) is 0 Å². The maximum Gasteiger partial charge on any atom is 0.0953 e. The van der Waals surface area contributed by atoms with Gasteiger partial charge in [0.25, 0.3) is 0 Å². The molecular formula is C15H19N3. The molecule has 0 radical (unpaired) electrons. The van der Waals surface area contributed by atoms with Gasteiger partial charge in [-0.15, -0.1) is 0 Å². The zero-order valence-corrected chi connectivity index (χ0v) is 10.8. The number of hydrogen-bond acceptors (Lipinski definition) is 2. The first kappa shape index (κ1) is 11.5. The Balaban J connectivity index is 1.60. The second-order valence-corrected chi connectivity index (χ2v) is 5.18. The van der Waals surface area contributed by atoms with E-state index in [0.29, 0.717) is 0 Å². The zero-order valence-electron chi connectivity index (χ0n) is 10.8. The lowest BCUT2D eigenvalue weighted by molar-refractivity contribution is 0.676. The van der Waals surface area contributed by atoms with Crippen LogP contribution < -0.4 is 5.32 Å². The summed E-state index contributed by atoms with van der Waals surface area (Å²) >= 11 is 0. The van der Waals surface area contributed by atoms with Gasteiger partial charge < -0.3 is 9.88 Å². The number of aromatic nitrogens is 2. The van der Waals surface area contributed by atoms with Gasteiger partial charge in [0.15, 0.2) is 0 Å². The van der Waals surface area contributed by atoms with Crippen LogP contribution in [0.1, 0.15) is 29.7 Å². The van der Waals surface area contributed by atoms with E-state index in [9.17, 15) is 0 Å². The van der Waals surface area contributed by atoms with Crippen molar-refractivity contribution >= 4 is 0 Å². The molecule has 0 bridgehead atoms. The number of nitrogens with zero attached hydrogens (tertiary/aromatic N) is 2. The maximum atomic E-state index is 4.43. The Morgan fingerprint density at radius 1 is 1.28 bits per heavy atom. The van der Waals surface area contributed by atoms with E-state index in [0.717, 1.165) is 24.8 Å². The minimum Gasteiger partial charge on any atom is -0.333 e. The zero-order chi connectivity index (χ0) is 12.4. The van der Waals surface area contributed by atoms with E-state index < -0.39 is 0 Å². The fourth-order valence-corrected chi connectivity index (χ4v) is 2.02. The Morgan fingerprint density at radius 3 is 2.78 bits per heavy atom. The van der Waals surface area contributed by atoms with Gasteiger partial charge in [-0.2, -0.15) is 0 Å². The number of aryl methyl sites for hydroxylation is 1. The van der Waals surface area contributed by atoms with E-state index in [4.69, 9.17) is 0 Å². The standard InChI is InChI=1S/C15H19N3/c1-12-2-4-13(5-3-12)9-18-10-15(17-11-18)8-16-14-6-7-14/h2-5,10-11,14,16H,6-9H2,1H3. The SMILES string of the molecule is Cc1ccc(Cn2cnc(CNC3CC3)c2)cc1. The van der Waals surface area contributed by atoms with Crippen LogP contribution in [-0.4, -0.2) is 15.6 Å². The number of rotatable bonds is 5. The van der Waals surface area contributed by atoms with E-state index in [-0.39, 0.29) is 0 Å². The summed E-state index contributed by atoms with van der Waals surface area (Å²) in [6.07, 6.45) is 6.70. The molecule has 18 heavy (non-hydrogen) atoms. The lowest BCUT2D eigenvalue weighted by atomic mass is 10.1. The summed E-state index contributed by atoms with van der Waals surface area (Å²) in [5, 5.41) is 3.48. The summed E-state index contributed by atoms with van der Waals surface area (Å²) in [6, 6.07) is 9.41. The lowest BCUT2D eigenvalue weighted by Crippen LogP contribution is -2.15. The van der Waals surface area contributed by atoms with Crippen LogP contribution in [-0.2, 0) is 13.1 Å². The number of imidazole rings is 1. The third-order valence-corrected chi connectivity index (χ3v) is 3.32. The van der Waals surface area contributed by atoms with Gasteiger partial charge >= 0.3 is 0 Å². The summed E-state index contributed by atoms with van der Waals surface area (Å²) in [5.41, 5.74) is 3.76. The fraction of sp³-hybridized carbons (Fsp3) is 0.400. The molecule has 3 heteroatoms. The lowest BCUT2D eigenvalue weighted by Gasteiger charge is -2.03. The molecule has 3 nitrogen and oxygen atoms in total. The third-order valence-electron chi connectivity index (χ3n) is 3.32. The normalized spacial score (nSPS) is 14.9. The smallest absolute Gasteiger partial charge is 0.0953 e. The Labute approximate surface area is 108 Å². The van der Waals surface area contributed by atoms with Crippen LogP contribution in [0.5, 0.6) is 0 Å². The molecule has 0 spiro atoms. The molecule has 0 aliphatic heterocycles. The van der Waals surface area contributed by atoms with Crippen LogP contribution >= 0.6 is 0 Å². The van der Waals surface area contributed by atoms with E-state index in [1.54, 1.807) is 0 Å². The van der Waals surface area contributed by atoms with Crippen molar-refractivity contribution in [2.75, 3.05) is 0 Å². The average Bonchev–Trinajstić information content (AvgIpc) is 3.10. The topological polar surface area (TPSA) is 29.9 Å². The first-order valence-electron chi connectivity index (χ1n) is 6.59. The van der Waals surface area contributed by atoms with Gasteiger partial charge in [-0.1, -0.05) is 29.8 Å². The van der Waals surface area contributed by atoms with Gasteiger partial charge in [0.1, 0.15) is 0 Å². The molecule has 1 heterocycles. The van der Waals surface area contributed by atoms with Crippen molar-refractivity contribution in [3.8, 4) is 0 Å². The van der Waals surface area contributed by atoms with Gasteiger partial charge in [-0.05, 0) is 25.3 Å². The minimum atomic E-state index is 0.743. The molecule has 3 rings (SSSR count). The number of hydrogen-bond donors (Lipinski definition) is 1. The summed E-state index contributed by atoms with van der Waals surface area (Å²) < 4.78 is 2.15. The Kier molecular flexibility index (Phi) is 3.15. The molecule has 1 aliphatic carbocycles. The van der Waals surface area contributed by atoms with Crippen LogP contribution in [0.4, 0.5) is 0 Å². The molecule has 1 fully saturated rings. The maximum absolute atomic E-state index is 4.43. The van der Waals surface area contributed by atoms with Gasteiger partial charge in [0, 0.05) is 25.3 Å². The highest BCUT2D eigenvalue weighted by Gasteiger charge is 2.20. The molecule has 1 aromatic heterocycles. The summed E-state index contributed by atoms with van der Waals surface area (Å²) in [6.45, 7) is 3.91. The van der Waals surface area contributed by atoms with Gasteiger partial charge in [-0.3, -0.25) is 0 Å². The highest BCUT2D eigenvalue weighted by Crippen LogP contribution is 2.19. The first-order chi connectivity index (χ1) is 8.79. The Morgan fingerprint density at radius 2 is 2.06 bits per heavy atom. The van der Waals surface area contributed by atoms with E-state index >= 15 is 0 Å². The van der Waals surface area contributed by atoms with Crippen molar-refractivity contribution in [1.82, 2.24) is 14.9 Å². The Hall–Kier alpha value is -1.61. The molecule has 0 atom stereocenters. The quantitative estimate of drug-likeness (QED) is 0.871. The predicted octanol–water partition coefficient (Wildman–Crippen LogP) is 2.49. The van der Waals surface area contributed by atoms with Crippen molar-refractivity contribution in [3.05, 3.63) is 53.6 Å². The number of nitrogens with one attached hydrogen (secondary N) is 1. The second-order valence-electron chi connectivity index (χ2n) is 5.18. The molecule has 94 valence electrons. The Bertz CT molecular complexity index is 509. The summed E-state index contributed by atoms with van der Waals surface area (Å²) in [5.74, 6) is 0.